The minimum atomic E-state index is -0.653. The van der Waals surface area contributed by atoms with E-state index in [1.54, 1.807) is 0 Å². The molecule has 0 fully saturated rings. The van der Waals surface area contributed by atoms with Gasteiger partial charge in [-0.15, -0.1) is 0 Å². The van der Waals surface area contributed by atoms with Crippen molar-refractivity contribution in [1.82, 2.24) is 0 Å². The van der Waals surface area contributed by atoms with Gasteiger partial charge in [0.15, 0.2) is 0 Å². The quantitative estimate of drug-likeness (QED) is 0.826. The van der Waals surface area contributed by atoms with Crippen molar-refractivity contribution in [3.05, 3.63) is 29.8 Å². The summed E-state index contributed by atoms with van der Waals surface area (Å²) in [6.45, 7) is 9.12. The molecule has 2 rings (SSSR count). The lowest BCUT2D eigenvalue weighted by Gasteiger charge is -2.28. The predicted octanol–water partition coefficient (Wildman–Crippen LogP) is 2.77. The summed E-state index contributed by atoms with van der Waals surface area (Å²) in [5.41, 5.74) is 1.91. The molecule has 1 aromatic rings. The van der Waals surface area contributed by atoms with E-state index in [1.807, 2.05) is 13.8 Å². The first-order valence-electron chi connectivity index (χ1n) is 5.99. The van der Waals surface area contributed by atoms with Crippen molar-refractivity contribution in [2.24, 2.45) is 0 Å². The second-order valence-electron chi connectivity index (χ2n) is 5.51. The highest BCUT2D eigenvalue weighted by Crippen LogP contribution is 2.42. The number of para-hydroxylation sites is 1. The molecule has 0 radical (unpaired) electrons. The van der Waals surface area contributed by atoms with Crippen LogP contribution >= 0.6 is 0 Å². The number of anilines is 1. The zero-order valence-corrected chi connectivity index (χ0v) is 10.6. The third-order valence-corrected chi connectivity index (χ3v) is 3.48. The lowest BCUT2D eigenvalue weighted by molar-refractivity contribution is 0.0546. The maximum absolute atomic E-state index is 10.2. The number of fused-ring (bicyclic) bond motifs is 1. The SMILES string of the molecule is CC(C)N1CC(C(C)(C)O)c2ccccc21. The fourth-order valence-electron chi connectivity index (χ4n) is 2.53. The van der Waals surface area contributed by atoms with Gasteiger partial charge in [0.05, 0.1) is 5.60 Å². The van der Waals surface area contributed by atoms with Crippen LogP contribution in [0, 0.1) is 0 Å². The molecule has 1 heterocycles. The highest BCUT2D eigenvalue weighted by molar-refractivity contribution is 5.61. The monoisotopic (exact) mass is 219 g/mol. The highest BCUT2D eigenvalue weighted by Gasteiger charge is 2.38. The maximum Gasteiger partial charge on any atom is 0.0677 e. The summed E-state index contributed by atoms with van der Waals surface area (Å²) in [4.78, 5) is 2.37. The Morgan fingerprint density at radius 2 is 1.94 bits per heavy atom. The van der Waals surface area contributed by atoms with Gasteiger partial charge in [-0.05, 0) is 39.3 Å². The third-order valence-electron chi connectivity index (χ3n) is 3.48. The Hall–Kier alpha value is -1.02. The molecule has 88 valence electrons. The van der Waals surface area contributed by atoms with Crippen LogP contribution < -0.4 is 4.90 Å². The summed E-state index contributed by atoms with van der Waals surface area (Å²) in [7, 11) is 0. The molecule has 0 spiro atoms. The van der Waals surface area contributed by atoms with Crippen molar-refractivity contribution >= 4 is 5.69 Å². The standard InChI is InChI=1S/C14H21NO/c1-10(2)15-9-12(14(3,4)16)11-7-5-6-8-13(11)15/h5-8,10,12,16H,9H2,1-4H3. The molecule has 2 heteroatoms. The number of hydrogen-bond donors (Lipinski definition) is 1. The van der Waals surface area contributed by atoms with E-state index >= 15 is 0 Å². The average Bonchev–Trinajstić information content (AvgIpc) is 2.56. The fraction of sp³-hybridized carbons (Fsp3) is 0.571. The maximum atomic E-state index is 10.2. The Morgan fingerprint density at radius 3 is 2.50 bits per heavy atom. The van der Waals surface area contributed by atoms with Crippen molar-refractivity contribution in [3.8, 4) is 0 Å². The van der Waals surface area contributed by atoms with E-state index in [-0.39, 0.29) is 5.92 Å². The van der Waals surface area contributed by atoms with Gasteiger partial charge in [-0.1, -0.05) is 18.2 Å². The molecular weight excluding hydrogens is 198 g/mol. The van der Waals surface area contributed by atoms with E-state index in [2.05, 4.69) is 43.0 Å². The van der Waals surface area contributed by atoms with Crippen LogP contribution in [0.15, 0.2) is 24.3 Å². The minimum Gasteiger partial charge on any atom is -0.390 e. The zero-order valence-electron chi connectivity index (χ0n) is 10.6. The molecule has 0 bridgehead atoms. The van der Waals surface area contributed by atoms with Crippen LogP contribution in [0.2, 0.25) is 0 Å². The first-order valence-corrected chi connectivity index (χ1v) is 5.99. The second-order valence-corrected chi connectivity index (χ2v) is 5.51. The molecule has 1 aromatic carbocycles. The second kappa shape index (κ2) is 3.77. The molecule has 0 saturated heterocycles. The van der Waals surface area contributed by atoms with Crippen LogP contribution in [-0.2, 0) is 0 Å². The van der Waals surface area contributed by atoms with Gasteiger partial charge >= 0.3 is 0 Å². The Labute approximate surface area is 97.9 Å². The Kier molecular flexibility index (Phi) is 2.70. The summed E-state index contributed by atoms with van der Waals surface area (Å²) < 4.78 is 0. The molecule has 0 amide bonds. The largest absolute Gasteiger partial charge is 0.390 e. The summed E-state index contributed by atoms with van der Waals surface area (Å²) in [6.07, 6.45) is 0. The van der Waals surface area contributed by atoms with Gasteiger partial charge in [0.25, 0.3) is 0 Å². The smallest absolute Gasteiger partial charge is 0.0677 e. The first kappa shape index (κ1) is 11.5. The number of aliphatic hydroxyl groups is 1. The van der Waals surface area contributed by atoms with Crippen molar-refractivity contribution in [3.63, 3.8) is 0 Å². The van der Waals surface area contributed by atoms with E-state index < -0.39 is 5.60 Å². The zero-order chi connectivity index (χ0) is 11.9. The number of rotatable bonds is 2. The third kappa shape index (κ3) is 1.82. The molecule has 16 heavy (non-hydrogen) atoms. The number of benzene rings is 1. The lowest BCUT2D eigenvalue weighted by atomic mass is 9.86. The van der Waals surface area contributed by atoms with Crippen LogP contribution in [0.5, 0.6) is 0 Å². The molecule has 0 aromatic heterocycles. The van der Waals surface area contributed by atoms with Crippen molar-refractivity contribution < 1.29 is 5.11 Å². The predicted molar refractivity (Wildman–Crippen MR) is 68.0 cm³/mol. The van der Waals surface area contributed by atoms with Gasteiger partial charge in [0.2, 0.25) is 0 Å². The van der Waals surface area contributed by atoms with Gasteiger partial charge in [0.1, 0.15) is 0 Å². The molecule has 0 aliphatic carbocycles. The van der Waals surface area contributed by atoms with Gasteiger partial charge < -0.3 is 10.0 Å². The summed E-state index contributed by atoms with van der Waals surface area (Å²) in [5, 5.41) is 10.2. The Morgan fingerprint density at radius 1 is 1.31 bits per heavy atom. The normalized spacial score (nSPS) is 20.4. The molecule has 1 unspecified atom stereocenters. The average molecular weight is 219 g/mol. The molecule has 1 aliphatic heterocycles. The molecule has 2 nitrogen and oxygen atoms in total. The molecule has 0 saturated carbocycles. The van der Waals surface area contributed by atoms with Gasteiger partial charge in [0, 0.05) is 24.2 Å². The van der Waals surface area contributed by atoms with E-state index in [1.165, 1.54) is 11.3 Å². The van der Waals surface area contributed by atoms with Crippen molar-refractivity contribution in [2.45, 2.75) is 45.3 Å². The number of nitrogens with zero attached hydrogens (tertiary/aromatic N) is 1. The number of hydrogen-bond acceptors (Lipinski definition) is 2. The van der Waals surface area contributed by atoms with E-state index in [9.17, 15) is 5.11 Å². The topological polar surface area (TPSA) is 23.5 Å². The Bertz CT molecular complexity index is 379. The fourth-order valence-corrected chi connectivity index (χ4v) is 2.53. The lowest BCUT2D eigenvalue weighted by Crippen LogP contribution is -2.36. The van der Waals surface area contributed by atoms with Gasteiger partial charge in [-0.25, -0.2) is 0 Å². The van der Waals surface area contributed by atoms with Gasteiger partial charge in [-0.2, -0.15) is 0 Å². The molecule has 1 aliphatic rings. The molecule has 1 atom stereocenters. The summed E-state index contributed by atoms with van der Waals surface area (Å²) >= 11 is 0. The minimum absolute atomic E-state index is 0.214. The van der Waals surface area contributed by atoms with E-state index in [0.29, 0.717) is 6.04 Å². The molecular formula is C14H21NO. The van der Waals surface area contributed by atoms with Crippen LogP contribution in [0.4, 0.5) is 5.69 Å². The van der Waals surface area contributed by atoms with Crippen molar-refractivity contribution in [1.29, 1.82) is 0 Å². The van der Waals surface area contributed by atoms with E-state index in [4.69, 9.17) is 0 Å². The van der Waals surface area contributed by atoms with Crippen LogP contribution in [0.25, 0.3) is 0 Å². The van der Waals surface area contributed by atoms with Crippen LogP contribution in [0.1, 0.15) is 39.2 Å². The highest BCUT2D eigenvalue weighted by atomic mass is 16.3. The van der Waals surface area contributed by atoms with Crippen LogP contribution in [0.3, 0.4) is 0 Å². The van der Waals surface area contributed by atoms with Crippen LogP contribution in [-0.4, -0.2) is 23.3 Å². The summed E-state index contributed by atoms with van der Waals surface area (Å²) in [6, 6.07) is 8.90. The van der Waals surface area contributed by atoms with E-state index in [0.717, 1.165) is 6.54 Å². The summed E-state index contributed by atoms with van der Waals surface area (Å²) in [5.74, 6) is 0.214. The van der Waals surface area contributed by atoms with Gasteiger partial charge in [-0.3, -0.25) is 0 Å². The Balaban J connectivity index is 2.43. The van der Waals surface area contributed by atoms with Crippen molar-refractivity contribution in [2.75, 3.05) is 11.4 Å². The first-order chi connectivity index (χ1) is 7.41. The molecule has 1 N–H and O–H groups in total.